The molecule has 0 saturated heterocycles. The van der Waals surface area contributed by atoms with Gasteiger partial charge >= 0.3 is 0 Å². The second kappa shape index (κ2) is 2.51. The predicted molar refractivity (Wildman–Crippen MR) is 44.7 cm³/mol. The van der Waals surface area contributed by atoms with Gasteiger partial charge in [-0.05, 0) is 17.0 Å². The molecule has 13 heavy (non-hydrogen) atoms. The summed E-state index contributed by atoms with van der Waals surface area (Å²) in [6.07, 6.45) is 0.927. The van der Waals surface area contributed by atoms with E-state index in [0.29, 0.717) is 0 Å². The fourth-order valence-electron chi connectivity index (χ4n) is 1.33. The van der Waals surface area contributed by atoms with Crippen molar-refractivity contribution in [3.05, 3.63) is 0 Å². The van der Waals surface area contributed by atoms with Gasteiger partial charge in [0.25, 0.3) is 5.95 Å². The van der Waals surface area contributed by atoms with Crippen molar-refractivity contribution in [1.29, 1.82) is 0 Å². The zero-order chi connectivity index (χ0) is 9.47. The normalized spacial score (nSPS) is 24.0. The first-order valence-electron chi connectivity index (χ1n) is 4.14. The van der Waals surface area contributed by atoms with Crippen LogP contribution in [0.1, 0.15) is 20.3 Å². The zero-order valence-corrected chi connectivity index (χ0v) is 7.53. The lowest BCUT2D eigenvalue weighted by Gasteiger charge is -2.01. The van der Waals surface area contributed by atoms with Gasteiger partial charge < -0.3 is 0 Å². The van der Waals surface area contributed by atoms with E-state index in [-0.39, 0.29) is 23.2 Å². The van der Waals surface area contributed by atoms with Crippen molar-refractivity contribution in [2.45, 2.75) is 20.3 Å². The van der Waals surface area contributed by atoms with Crippen LogP contribution >= 0.6 is 0 Å². The molecule has 2 N–H and O–H groups in total. The maximum Gasteiger partial charge on any atom is 0.269 e. The molecule has 1 aliphatic rings. The molecule has 2 rings (SSSR count). The van der Waals surface area contributed by atoms with Gasteiger partial charge in [-0.25, -0.2) is 0 Å². The molecule has 6 nitrogen and oxygen atoms in total. The van der Waals surface area contributed by atoms with Crippen LogP contribution in [0.25, 0.3) is 0 Å². The number of H-pyrrole nitrogens is 1. The molecule has 1 aliphatic carbocycles. The molecule has 1 aromatic heterocycles. The summed E-state index contributed by atoms with van der Waals surface area (Å²) in [7, 11) is 0. The predicted octanol–water partition coefficient (Wildman–Crippen LogP) is 0.184. The van der Waals surface area contributed by atoms with Gasteiger partial charge in [0.1, 0.15) is 0 Å². The first kappa shape index (κ1) is 8.15. The topological polar surface area (TPSA) is 83.6 Å². The van der Waals surface area contributed by atoms with E-state index in [1.54, 1.807) is 0 Å². The Kier molecular flexibility index (Phi) is 1.58. The summed E-state index contributed by atoms with van der Waals surface area (Å²) in [4.78, 5) is 11.5. The highest BCUT2D eigenvalue weighted by Crippen LogP contribution is 2.51. The van der Waals surface area contributed by atoms with E-state index in [4.69, 9.17) is 0 Å². The van der Waals surface area contributed by atoms with Gasteiger partial charge in [0.2, 0.25) is 5.91 Å². The molecule has 1 fully saturated rings. The summed E-state index contributed by atoms with van der Waals surface area (Å²) >= 11 is 0. The van der Waals surface area contributed by atoms with E-state index < -0.39 is 0 Å². The third-order valence-corrected chi connectivity index (χ3v) is 2.41. The second-order valence-electron chi connectivity index (χ2n) is 3.97. The maximum atomic E-state index is 11.5. The van der Waals surface area contributed by atoms with Crippen LogP contribution in [0, 0.1) is 11.3 Å². The monoisotopic (exact) mass is 181 g/mol. The van der Waals surface area contributed by atoms with Crippen molar-refractivity contribution in [3.63, 3.8) is 0 Å². The molecule has 1 saturated carbocycles. The quantitative estimate of drug-likeness (QED) is 0.681. The molecular weight excluding hydrogens is 170 g/mol. The van der Waals surface area contributed by atoms with Crippen LogP contribution in [0.4, 0.5) is 5.95 Å². The Bertz CT molecular complexity index is 318. The molecular formula is C7H11N5O. The average Bonchev–Trinajstić information content (AvgIpc) is 2.49. The number of aromatic amines is 1. The molecule has 0 spiro atoms. The number of tetrazole rings is 1. The highest BCUT2D eigenvalue weighted by Gasteiger charge is 2.50. The lowest BCUT2D eigenvalue weighted by Crippen LogP contribution is -2.17. The van der Waals surface area contributed by atoms with Crippen LogP contribution < -0.4 is 5.32 Å². The minimum absolute atomic E-state index is 0.0219. The number of amides is 1. The maximum absolute atomic E-state index is 11.5. The van der Waals surface area contributed by atoms with Crippen molar-refractivity contribution in [1.82, 2.24) is 20.6 Å². The van der Waals surface area contributed by atoms with Gasteiger partial charge in [0, 0.05) is 5.92 Å². The van der Waals surface area contributed by atoms with Gasteiger partial charge in [-0.2, -0.15) is 5.21 Å². The first-order valence-corrected chi connectivity index (χ1v) is 4.14. The molecule has 1 aromatic rings. The Morgan fingerprint density at radius 1 is 1.69 bits per heavy atom. The summed E-state index contributed by atoms with van der Waals surface area (Å²) in [5.41, 5.74) is 0.133. The van der Waals surface area contributed by atoms with Crippen LogP contribution in [-0.2, 0) is 4.79 Å². The van der Waals surface area contributed by atoms with Crippen LogP contribution in [0.5, 0.6) is 0 Å². The van der Waals surface area contributed by atoms with Gasteiger partial charge in [-0.3, -0.25) is 10.1 Å². The Labute approximate surface area is 75.1 Å². The summed E-state index contributed by atoms with van der Waals surface area (Å²) in [6, 6.07) is 0. The Balaban J connectivity index is 1.94. The molecule has 70 valence electrons. The van der Waals surface area contributed by atoms with Gasteiger partial charge in [0.15, 0.2) is 0 Å². The fraction of sp³-hybridized carbons (Fsp3) is 0.714. The summed E-state index contributed by atoms with van der Waals surface area (Å²) < 4.78 is 0. The van der Waals surface area contributed by atoms with Crippen LogP contribution in [0.2, 0.25) is 0 Å². The summed E-state index contributed by atoms with van der Waals surface area (Å²) in [6.45, 7) is 4.13. The van der Waals surface area contributed by atoms with Gasteiger partial charge in [0.05, 0.1) is 0 Å². The van der Waals surface area contributed by atoms with E-state index in [2.05, 4.69) is 39.8 Å². The van der Waals surface area contributed by atoms with Crippen molar-refractivity contribution in [3.8, 4) is 0 Å². The molecule has 1 atom stereocenters. The second-order valence-corrected chi connectivity index (χ2v) is 3.97. The van der Waals surface area contributed by atoms with Crippen molar-refractivity contribution in [2.75, 3.05) is 5.32 Å². The van der Waals surface area contributed by atoms with Crippen molar-refractivity contribution >= 4 is 11.9 Å². The number of carbonyl (C=O) groups is 1. The molecule has 1 amide bonds. The van der Waals surface area contributed by atoms with Gasteiger partial charge in [-0.1, -0.05) is 18.9 Å². The Morgan fingerprint density at radius 3 is 2.85 bits per heavy atom. The molecule has 0 bridgehead atoms. The highest BCUT2D eigenvalue weighted by atomic mass is 16.2. The number of aromatic nitrogens is 4. The van der Waals surface area contributed by atoms with Crippen molar-refractivity contribution < 1.29 is 4.79 Å². The van der Waals surface area contributed by atoms with E-state index in [1.807, 2.05) is 0 Å². The number of rotatable bonds is 2. The number of carbonyl (C=O) groups excluding carboxylic acids is 1. The number of nitrogens with zero attached hydrogens (tertiary/aromatic N) is 3. The van der Waals surface area contributed by atoms with Crippen LogP contribution in [0.3, 0.4) is 0 Å². The van der Waals surface area contributed by atoms with E-state index in [9.17, 15) is 4.79 Å². The Morgan fingerprint density at radius 2 is 2.38 bits per heavy atom. The lowest BCUT2D eigenvalue weighted by atomic mass is 10.1. The molecule has 6 heteroatoms. The molecule has 0 aliphatic heterocycles. The molecule has 0 unspecified atom stereocenters. The SMILES string of the molecule is CC1(C)C[C@@H]1C(=O)Nc1nn[nH]n1. The van der Waals surface area contributed by atoms with Crippen LogP contribution in [0.15, 0.2) is 0 Å². The number of nitrogens with one attached hydrogen (secondary N) is 2. The van der Waals surface area contributed by atoms with Crippen molar-refractivity contribution in [2.24, 2.45) is 11.3 Å². The summed E-state index contributed by atoms with van der Waals surface area (Å²) in [5, 5.41) is 15.5. The third kappa shape index (κ3) is 1.51. The van der Waals surface area contributed by atoms with Crippen LogP contribution in [-0.4, -0.2) is 26.5 Å². The van der Waals surface area contributed by atoms with E-state index >= 15 is 0 Å². The minimum Gasteiger partial charge on any atom is -0.292 e. The summed E-state index contributed by atoms with van der Waals surface area (Å²) in [5.74, 6) is 0.310. The van der Waals surface area contributed by atoms with E-state index in [0.717, 1.165) is 6.42 Å². The zero-order valence-electron chi connectivity index (χ0n) is 7.53. The smallest absolute Gasteiger partial charge is 0.269 e. The molecule has 0 radical (unpaired) electrons. The first-order chi connectivity index (χ1) is 6.09. The number of hydrogen-bond acceptors (Lipinski definition) is 4. The third-order valence-electron chi connectivity index (χ3n) is 2.41. The molecule has 0 aromatic carbocycles. The highest BCUT2D eigenvalue weighted by molar-refractivity contribution is 5.93. The molecule has 1 heterocycles. The van der Waals surface area contributed by atoms with Gasteiger partial charge in [-0.15, -0.1) is 5.10 Å². The standard InChI is InChI=1S/C7H11N5O/c1-7(2)3-4(7)5(13)8-6-9-11-12-10-6/h4H,3H2,1-2H3,(H2,8,9,10,11,12,13)/t4-/m1/s1. The minimum atomic E-state index is -0.0219. The fourth-order valence-corrected chi connectivity index (χ4v) is 1.33. The lowest BCUT2D eigenvalue weighted by molar-refractivity contribution is -0.118. The number of hydrogen-bond donors (Lipinski definition) is 2. The van der Waals surface area contributed by atoms with E-state index in [1.165, 1.54) is 0 Å². The largest absolute Gasteiger partial charge is 0.292 e. The average molecular weight is 181 g/mol. The Hall–Kier alpha value is -1.46. The number of anilines is 1.